The van der Waals surface area contributed by atoms with Crippen LogP contribution >= 0.6 is 0 Å². The van der Waals surface area contributed by atoms with E-state index in [9.17, 15) is 4.79 Å². The number of amides is 1. The fraction of sp³-hybridized carbons (Fsp3) is 0.167. The molecule has 0 bridgehead atoms. The highest BCUT2D eigenvalue weighted by atomic mass is 16.2. The van der Waals surface area contributed by atoms with Crippen molar-refractivity contribution in [2.45, 2.75) is 13.0 Å². The minimum absolute atomic E-state index is 0.0176. The summed E-state index contributed by atoms with van der Waals surface area (Å²) in [7, 11) is 0. The van der Waals surface area contributed by atoms with Crippen molar-refractivity contribution in [1.82, 2.24) is 20.1 Å². The summed E-state index contributed by atoms with van der Waals surface area (Å²) < 4.78 is 0. The summed E-state index contributed by atoms with van der Waals surface area (Å²) in [5.74, 6) is 0.0176. The number of nitrogens with one attached hydrogen (secondary N) is 1. The molecule has 3 aromatic rings. The van der Waals surface area contributed by atoms with Crippen LogP contribution in [0.4, 0.5) is 0 Å². The molecule has 2 aromatic heterocycles. The first-order valence-electron chi connectivity index (χ1n) is 7.64. The molecule has 0 unspecified atom stereocenters. The molecule has 0 spiro atoms. The molecule has 1 aliphatic heterocycles. The number of hydrogen-bond donors (Lipinski definition) is 1. The standard InChI is InChI=1S/C18H16N4O/c23-18(14-7-4-9-19-11-14)22-10-8-16-15(12-22)17(21-20-16)13-5-2-1-3-6-13/h1-7,9,11H,8,10,12H2,(H,20,21). The average Bonchev–Trinajstić information content (AvgIpc) is 3.05. The first-order chi connectivity index (χ1) is 11.3. The lowest BCUT2D eigenvalue weighted by Gasteiger charge is -2.27. The Kier molecular flexibility index (Phi) is 3.38. The van der Waals surface area contributed by atoms with Gasteiger partial charge in [-0.25, -0.2) is 0 Å². The smallest absolute Gasteiger partial charge is 0.255 e. The molecule has 4 rings (SSSR count). The van der Waals surface area contributed by atoms with Gasteiger partial charge in [-0.15, -0.1) is 0 Å². The number of fused-ring (bicyclic) bond motifs is 1. The molecule has 23 heavy (non-hydrogen) atoms. The van der Waals surface area contributed by atoms with Crippen LogP contribution in [0.1, 0.15) is 21.6 Å². The van der Waals surface area contributed by atoms with E-state index in [1.54, 1.807) is 24.5 Å². The fourth-order valence-electron chi connectivity index (χ4n) is 2.98. The molecule has 5 nitrogen and oxygen atoms in total. The lowest BCUT2D eigenvalue weighted by atomic mass is 10.0. The van der Waals surface area contributed by atoms with Gasteiger partial charge in [-0.3, -0.25) is 14.9 Å². The van der Waals surface area contributed by atoms with Crippen LogP contribution in [-0.2, 0) is 13.0 Å². The second-order valence-electron chi connectivity index (χ2n) is 5.61. The number of benzene rings is 1. The zero-order chi connectivity index (χ0) is 15.6. The number of H-pyrrole nitrogens is 1. The predicted octanol–water partition coefficient (Wildman–Crippen LogP) is 2.67. The summed E-state index contributed by atoms with van der Waals surface area (Å²) in [6.07, 6.45) is 4.08. The average molecular weight is 304 g/mol. The monoisotopic (exact) mass is 304 g/mol. The minimum atomic E-state index is 0.0176. The highest BCUT2D eigenvalue weighted by Gasteiger charge is 2.26. The molecule has 0 aliphatic carbocycles. The number of aromatic nitrogens is 3. The van der Waals surface area contributed by atoms with Crippen LogP contribution in [0, 0.1) is 0 Å². The number of aromatic amines is 1. The van der Waals surface area contributed by atoms with Gasteiger partial charge < -0.3 is 4.90 Å². The number of hydrogen-bond acceptors (Lipinski definition) is 3. The van der Waals surface area contributed by atoms with Crippen LogP contribution in [0.2, 0.25) is 0 Å². The Hall–Kier alpha value is -2.95. The summed E-state index contributed by atoms with van der Waals surface area (Å²) in [6, 6.07) is 13.7. The van der Waals surface area contributed by atoms with E-state index in [4.69, 9.17) is 0 Å². The predicted molar refractivity (Wildman–Crippen MR) is 86.7 cm³/mol. The number of nitrogens with zero attached hydrogens (tertiary/aromatic N) is 3. The molecule has 0 atom stereocenters. The quantitative estimate of drug-likeness (QED) is 0.792. The summed E-state index contributed by atoms with van der Waals surface area (Å²) in [5.41, 5.74) is 4.87. The van der Waals surface area contributed by atoms with Crippen molar-refractivity contribution in [2.75, 3.05) is 6.54 Å². The van der Waals surface area contributed by atoms with Crippen molar-refractivity contribution < 1.29 is 4.79 Å². The second-order valence-corrected chi connectivity index (χ2v) is 5.61. The molecule has 1 N–H and O–H groups in total. The van der Waals surface area contributed by atoms with Crippen LogP contribution < -0.4 is 0 Å². The first-order valence-corrected chi connectivity index (χ1v) is 7.64. The van der Waals surface area contributed by atoms with Crippen LogP contribution in [-0.4, -0.2) is 32.5 Å². The van der Waals surface area contributed by atoms with Crippen molar-refractivity contribution in [1.29, 1.82) is 0 Å². The van der Waals surface area contributed by atoms with E-state index < -0.39 is 0 Å². The molecule has 0 saturated heterocycles. The normalized spacial score (nSPS) is 13.7. The van der Waals surface area contributed by atoms with E-state index >= 15 is 0 Å². The third-order valence-electron chi connectivity index (χ3n) is 4.18. The van der Waals surface area contributed by atoms with Gasteiger partial charge >= 0.3 is 0 Å². The van der Waals surface area contributed by atoms with Gasteiger partial charge in [0.15, 0.2) is 0 Å². The van der Waals surface area contributed by atoms with Crippen LogP contribution in [0.25, 0.3) is 11.3 Å². The topological polar surface area (TPSA) is 61.9 Å². The maximum absolute atomic E-state index is 12.6. The largest absolute Gasteiger partial charge is 0.334 e. The Balaban J connectivity index is 1.64. The van der Waals surface area contributed by atoms with Crippen molar-refractivity contribution in [3.05, 3.63) is 71.7 Å². The number of carbonyl (C=O) groups is 1. The maximum atomic E-state index is 12.6. The Morgan fingerprint density at radius 1 is 1.13 bits per heavy atom. The molecular weight excluding hydrogens is 288 g/mol. The van der Waals surface area contributed by atoms with E-state index in [-0.39, 0.29) is 5.91 Å². The Morgan fingerprint density at radius 3 is 2.78 bits per heavy atom. The zero-order valence-corrected chi connectivity index (χ0v) is 12.6. The second kappa shape index (κ2) is 5.68. The number of pyridine rings is 1. The van der Waals surface area contributed by atoms with E-state index in [1.807, 2.05) is 35.2 Å². The SMILES string of the molecule is O=C(c1cccnc1)N1CCc2[nH]nc(-c3ccccc3)c2C1. The summed E-state index contributed by atoms with van der Waals surface area (Å²) in [5, 5.41) is 7.58. The molecular formula is C18H16N4O. The molecule has 1 aromatic carbocycles. The van der Waals surface area contributed by atoms with Crippen LogP contribution in [0.5, 0.6) is 0 Å². The third-order valence-corrected chi connectivity index (χ3v) is 4.18. The lowest BCUT2D eigenvalue weighted by molar-refractivity contribution is 0.0734. The molecule has 0 fully saturated rings. The maximum Gasteiger partial charge on any atom is 0.255 e. The molecule has 1 amide bonds. The van der Waals surface area contributed by atoms with Gasteiger partial charge in [0.25, 0.3) is 5.91 Å². The van der Waals surface area contributed by atoms with E-state index in [1.165, 1.54) is 0 Å². The molecule has 0 saturated carbocycles. The van der Waals surface area contributed by atoms with Gasteiger partial charge in [0.1, 0.15) is 0 Å². The Labute approximate surface area is 134 Å². The summed E-state index contributed by atoms with van der Waals surface area (Å²) in [4.78, 5) is 18.5. The summed E-state index contributed by atoms with van der Waals surface area (Å²) >= 11 is 0. The van der Waals surface area contributed by atoms with Gasteiger partial charge in [0.05, 0.1) is 11.3 Å². The van der Waals surface area contributed by atoms with E-state index in [2.05, 4.69) is 15.2 Å². The first kappa shape index (κ1) is 13.7. The molecule has 0 radical (unpaired) electrons. The Bertz CT molecular complexity index is 827. The summed E-state index contributed by atoms with van der Waals surface area (Å²) in [6.45, 7) is 1.26. The molecule has 5 heteroatoms. The zero-order valence-electron chi connectivity index (χ0n) is 12.6. The molecule has 114 valence electrons. The molecule has 1 aliphatic rings. The Morgan fingerprint density at radius 2 is 2.00 bits per heavy atom. The van der Waals surface area contributed by atoms with Gasteiger partial charge in [-0.1, -0.05) is 30.3 Å². The lowest BCUT2D eigenvalue weighted by Crippen LogP contribution is -2.36. The van der Waals surface area contributed by atoms with E-state index in [0.717, 1.165) is 28.9 Å². The minimum Gasteiger partial charge on any atom is -0.334 e. The van der Waals surface area contributed by atoms with Crippen molar-refractivity contribution in [3.8, 4) is 11.3 Å². The molecule has 3 heterocycles. The van der Waals surface area contributed by atoms with Crippen molar-refractivity contribution in [3.63, 3.8) is 0 Å². The van der Waals surface area contributed by atoms with Gasteiger partial charge in [-0.05, 0) is 12.1 Å². The number of carbonyl (C=O) groups excluding carboxylic acids is 1. The number of rotatable bonds is 2. The highest BCUT2D eigenvalue weighted by Crippen LogP contribution is 2.28. The van der Waals surface area contributed by atoms with Gasteiger partial charge in [0, 0.05) is 48.7 Å². The van der Waals surface area contributed by atoms with Crippen molar-refractivity contribution >= 4 is 5.91 Å². The van der Waals surface area contributed by atoms with Gasteiger partial charge in [-0.2, -0.15) is 5.10 Å². The third kappa shape index (κ3) is 2.50. The van der Waals surface area contributed by atoms with Crippen molar-refractivity contribution in [2.24, 2.45) is 0 Å². The fourth-order valence-corrected chi connectivity index (χ4v) is 2.98. The highest BCUT2D eigenvalue weighted by molar-refractivity contribution is 5.94. The van der Waals surface area contributed by atoms with E-state index in [0.29, 0.717) is 18.7 Å². The van der Waals surface area contributed by atoms with Gasteiger partial charge in [0.2, 0.25) is 0 Å². The van der Waals surface area contributed by atoms with Crippen LogP contribution in [0.15, 0.2) is 54.9 Å². The van der Waals surface area contributed by atoms with Crippen LogP contribution in [0.3, 0.4) is 0 Å².